The van der Waals surface area contributed by atoms with Gasteiger partial charge < -0.3 is 11.5 Å². The molecule has 1 rings (SSSR count). The van der Waals surface area contributed by atoms with Gasteiger partial charge in [0.2, 0.25) is 10.0 Å². The minimum atomic E-state index is -3.85. The highest BCUT2D eigenvalue weighted by molar-refractivity contribution is 7.89. The number of nitrogen functional groups attached to an aromatic ring is 1. The highest BCUT2D eigenvalue weighted by atomic mass is 32.2. The number of hydrogen-bond donors (Lipinski definition) is 2. The van der Waals surface area contributed by atoms with Crippen molar-refractivity contribution < 1.29 is 26.6 Å². The van der Waals surface area contributed by atoms with Crippen LogP contribution in [-0.4, -0.2) is 51.7 Å². The van der Waals surface area contributed by atoms with Gasteiger partial charge in [-0.05, 0) is 63.4 Å². The zero-order chi connectivity index (χ0) is 23.5. The molecule has 0 aromatic heterocycles. The van der Waals surface area contributed by atoms with Gasteiger partial charge in [-0.15, -0.1) is 0 Å². The SMILES string of the molecule is CCOP(=O)(OCC)OCC(CCCCN)N(CC(C)C)S(=O)(=O)c1ccc(N)cc1. The zero-order valence-corrected chi connectivity index (χ0v) is 20.7. The number of sulfonamides is 1. The van der Waals surface area contributed by atoms with E-state index in [9.17, 15) is 13.0 Å². The Kier molecular flexibility index (Phi) is 12.2. The van der Waals surface area contributed by atoms with Gasteiger partial charge in [-0.25, -0.2) is 13.0 Å². The fourth-order valence-corrected chi connectivity index (χ4v) is 6.03. The number of hydrogen-bond acceptors (Lipinski definition) is 8. The van der Waals surface area contributed by atoms with Gasteiger partial charge in [-0.1, -0.05) is 20.3 Å². The average molecular weight is 480 g/mol. The van der Waals surface area contributed by atoms with Gasteiger partial charge in [0.25, 0.3) is 0 Å². The first-order valence-corrected chi connectivity index (χ1v) is 13.6. The first-order chi connectivity index (χ1) is 14.6. The molecule has 4 N–H and O–H groups in total. The number of rotatable bonds is 16. The highest BCUT2D eigenvalue weighted by Crippen LogP contribution is 2.49. The molecule has 180 valence electrons. The van der Waals surface area contributed by atoms with E-state index >= 15 is 0 Å². The highest BCUT2D eigenvalue weighted by Gasteiger charge is 2.35. The molecule has 0 heterocycles. The summed E-state index contributed by atoms with van der Waals surface area (Å²) in [6.45, 7) is 8.19. The van der Waals surface area contributed by atoms with Gasteiger partial charge in [0.05, 0.1) is 24.7 Å². The number of benzene rings is 1. The molecule has 1 atom stereocenters. The molecular weight excluding hydrogens is 441 g/mol. The van der Waals surface area contributed by atoms with Crippen molar-refractivity contribution in [2.45, 2.75) is 57.9 Å². The predicted octanol–water partition coefficient (Wildman–Crippen LogP) is 3.61. The molecule has 0 fully saturated rings. The molecule has 1 unspecified atom stereocenters. The Labute approximate surface area is 187 Å². The standard InChI is InChI=1S/C20H38N3O6PS/c1-5-27-30(24,28-6-2)29-16-19(9-7-8-14-21)23(15-17(3)4)31(25,26)20-12-10-18(22)11-13-20/h10-13,17,19H,5-9,14-16,21-22H2,1-4H3. The summed E-state index contributed by atoms with van der Waals surface area (Å²) in [6.07, 6.45) is 1.93. The molecule has 0 aliphatic heterocycles. The second-order valence-corrected chi connectivity index (χ2v) is 11.1. The summed E-state index contributed by atoms with van der Waals surface area (Å²) in [5, 5.41) is 0. The summed E-state index contributed by atoms with van der Waals surface area (Å²) in [4.78, 5) is 0.143. The number of phosphoric ester groups is 1. The van der Waals surface area contributed by atoms with Crippen molar-refractivity contribution in [2.24, 2.45) is 11.7 Å². The van der Waals surface area contributed by atoms with Crippen LogP contribution in [0.2, 0.25) is 0 Å². The van der Waals surface area contributed by atoms with E-state index < -0.39 is 23.9 Å². The van der Waals surface area contributed by atoms with Crippen molar-refractivity contribution in [3.05, 3.63) is 24.3 Å². The topological polar surface area (TPSA) is 134 Å². The first kappa shape index (κ1) is 28.0. The molecule has 0 aliphatic carbocycles. The largest absolute Gasteiger partial charge is 0.474 e. The molecule has 0 saturated heterocycles. The lowest BCUT2D eigenvalue weighted by molar-refractivity contribution is 0.0960. The van der Waals surface area contributed by atoms with Gasteiger partial charge in [0.1, 0.15) is 0 Å². The van der Waals surface area contributed by atoms with Gasteiger partial charge in [-0.3, -0.25) is 13.6 Å². The lowest BCUT2D eigenvalue weighted by atomic mass is 10.1. The third-order valence-electron chi connectivity index (χ3n) is 4.43. The van der Waals surface area contributed by atoms with E-state index in [2.05, 4.69) is 0 Å². The minimum absolute atomic E-state index is 0.0613. The van der Waals surface area contributed by atoms with Crippen molar-refractivity contribution in [1.82, 2.24) is 4.31 Å². The molecule has 0 spiro atoms. The Morgan fingerprint density at radius 3 is 2.10 bits per heavy atom. The Balaban J connectivity index is 3.25. The van der Waals surface area contributed by atoms with Crippen molar-refractivity contribution in [2.75, 3.05) is 38.6 Å². The molecule has 31 heavy (non-hydrogen) atoms. The Morgan fingerprint density at radius 1 is 1.03 bits per heavy atom. The van der Waals surface area contributed by atoms with Crippen LogP contribution in [0.3, 0.4) is 0 Å². The summed E-state index contributed by atoms with van der Waals surface area (Å²) < 4.78 is 57.2. The summed E-state index contributed by atoms with van der Waals surface area (Å²) in [6, 6.07) is 5.52. The lowest BCUT2D eigenvalue weighted by Gasteiger charge is -2.33. The van der Waals surface area contributed by atoms with E-state index in [0.717, 1.165) is 6.42 Å². The molecule has 9 nitrogen and oxygen atoms in total. The van der Waals surface area contributed by atoms with E-state index in [0.29, 0.717) is 25.1 Å². The maximum Gasteiger partial charge on any atom is 0.474 e. The molecule has 0 saturated carbocycles. The Bertz CT molecular complexity index is 779. The van der Waals surface area contributed by atoms with Crippen molar-refractivity contribution in [3.63, 3.8) is 0 Å². The van der Waals surface area contributed by atoms with Crippen LogP contribution in [-0.2, 0) is 28.2 Å². The van der Waals surface area contributed by atoms with Crippen LogP contribution in [0, 0.1) is 5.92 Å². The van der Waals surface area contributed by atoms with Gasteiger partial charge in [0.15, 0.2) is 0 Å². The van der Waals surface area contributed by atoms with Crippen LogP contribution in [0.1, 0.15) is 47.0 Å². The number of anilines is 1. The maximum absolute atomic E-state index is 13.5. The van der Waals surface area contributed by atoms with Crippen molar-refractivity contribution in [3.8, 4) is 0 Å². The smallest absolute Gasteiger partial charge is 0.399 e. The number of phosphoric acid groups is 1. The summed E-state index contributed by atoms with van der Waals surface area (Å²) >= 11 is 0. The summed E-state index contributed by atoms with van der Waals surface area (Å²) in [5.41, 5.74) is 11.8. The molecule has 0 aliphatic rings. The van der Waals surface area contributed by atoms with Crippen molar-refractivity contribution in [1.29, 1.82) is 0 Å². The second-order valence-electron chi connectivity index (χ2n) is 7.55. The minimum Gasteiger partial charge on any atom is -0.399 e. The van der Waals surface area contributed by atoms with E-state index in [1.54, 1.807) is 26.0 Å². The van der Waals surface area contributed by atoms with E-state index in [-0.39, 0.29) is 37.2 Å². The molecule has 0 bridgehead atoms. The van der Waals surface area contributed by atoms with Crippen LogP contribution in [0.25, 0.3) is 0 Å². The molecule has 11 heteroatoms. The lowest BCUT2D eigenvalue weighted by Crippen LogP contribution is -2.45. The van der Waals surface area contributed by atoms with Crippen LogP contribution < -0.4 is 11.5 Å². The monoisotopic (exact) mass is 479 g/mol. The average Bonchev–Trinajstić information content (AvgIpc) is 2.69. The quantitative estimate of drug-likeness (QED) is 0.209. The fourth-order valence-electron chi connectivity index (χ4n) is 3.02. The van der Waals surface area contributed by atoms with Crippen LogP contribution in [0.5, 0.6) is 0 Å². The van der Waals surface area contributed by atoms with E-state index in [4.69, 9.17) is 25.0 Å². The molecule has 1 aromatic rings. The van der Waals surface area contributed by atoms with Crippen LogP contribution in [0.15, 0.2) is 29.2 Å². The van der Waals surface area contributed by atoms with Crippen LogP contribution in [0.4, 0.5) is 5.69 Å². The third kappa shape index (κ3) is 9.18. The predicted molar refractivity (Wildman–Crippen MR) is 123 cm³/mol. The van der Waals surface area contributed by atoms with Gasteiger partial charge in [0, 0.05) is 18.3 Å². The summed E-state index contributed by atoms with van der Waals surface area (Å²) in [7, 11) is -7.63. The van der Waals surface area contributed by atoms with E-state index in [1.807, 2.05) is 13.8 Å². The van der Waals surface area contributed by atoms with Gasteiger partial charge >= 0.3 is 7.82 Å². The van der Waals surface area contributed by atoms with Gasteiger partial charge in [-0.2, -0.15) is 4.31 Å². The van der Waals surface area contributed by atoms with Crippen LogP contribution >= 0.6 is 7.82 Å². The summed E-state index contributed by atoms with van der Waals surface area (Å²) in [5.74, 6) is 0.0613. The maximum atomic E-state index is 13.5. The second kappa shape index (κ2) is 13.5. The number of nitrogens with two attached hydrogens (primary N) is 2. The third-order valence-corrected chi connectivity index (χ3v) is 7.98. The molecule has 0 amide bonds. The van der Waals surface area contributed by atoms with Crippen molar-refractivity contribution >= 4 is 23.5 Å². The zero-order valence-electron chi connectivity index (χ0n) is 19.0. The molecule has 1 aromatic carbocycles. The molecular formula is C20H38N3O6PS. The molecule has 0 radical (unpaired) electrons. The number of nitrogens with zero attached hydrogens (tertiary/aromatic N) is 1. The normalized spacial score (nSPS) is 13.8. The fraction of sp³-hybridized carbons (Fsp3) is 0.700. The van der Waals surface area contributed by atoms with E-state index in [1.165, 1.54) is 16.4 Å². The Morgan fingerprint density at radius 2 is 1.61 bits per heavy atom. The number of unbranched alkanes of at least 4 members (excludes halogenated alkanes) is 1. The Hall–Kier alpha value is -1.00. The first-order valence-electron chi connectivity index (χ1n) is 10.7.